The van der Waals surface area contributed by atoms with Crippen molar-refractivity contribution in [2.75, 3.05) is 11.9 Å². The van der Waals surface area contributed by atoms with Crippen LogP contribution in [0.5, 0.6) is 0 Å². The maximum Gasteiger partial charge on any atom is 0.338 e. The number of carbonyl (C=O) groups excluding carboxylic acids is 1. The van der Waals surface area contributed by atoms with Crippen molar-refractivity contribution >= 4 is 11.7 Å². The summed E-state index contributed by atoms with van der Waals surface area (Å²) in [5.41, 5.74) is 2.50. The monoisotopic (exact) mass is 273 g/mol. The maximum atomic E-state index is 11.7. The van der Waals surface area contributed by atoms with Crippen LogP contribution in [0.1, 0.15) is 35.9 Å². The number of rotatable bonds is 5. The Morgan fingerprint density at radius 1 is 1.45 bits per heavy atom. The average Bonchev–Trinajstić information content (AvgIpc) is 2.85. The van der Waals surface area contributed by atoms with E-state index in [1.807, 2.05) is 36.9 Å². The largest absolute Gasteiger partial charge is 0.462 e. The molecule has 5 heteroatoms. The molecular weight excluding hydrogens is 254 g/mol. The van der Waals surface area contributed by atoms with Crippen LogP contribution in [0, 0.1) is 0 Å². The highest BCUT2D eigenvalue weighted by atomic mass is 16.5. The van der Waals surface area contributed by atoms with Crippen molar-refractivity contribution in [2.24, 2.45) is 7.05 Å². The van der Waals surface area contributed by atoms with Gasteiger partial charge in [0.15, 0.2) is 0 Å². The van der Waals surface area contributed by atoms with Crippen molar-refractivity contribution in [1.82, 2.24) is 9.78 Å². The van der Waals surface area contributed by atoms with Gasteiger partial charge in [0.05, 0.1) is 23.9 Å². The molecule has 0 fully saturated rings. The molecule has 20 heavy (non-hydrogen) atoms. The topological polar surface area (TPSA) is 56.1 Å². The van der Waals surface area contributed by atoms with E-state index in [1.165, 1.54) is 0 Å². The molecule has 0 spiro atoms. The average molecular weight is 273 g/mol. The second-order valence-corrected chi connectivity index (χ2v) is 4.55. The Bertz CT molecular complexity index is 592. The van der Waals surface area contributed by atoms with Crippen LogP contribution in [0.25, 0.3) is 0 Å². The number of nitrogens with zero attached hydrogens (tertiary/aromatic N) is 2. The molecule has 0 aliphatic carbocycles. The predicted molar refractivity (Wildman–Crippen MR) is 77.6 cm³/mol. The van der Waals surface area contributed by atoms with Gasteiger partial charge < -0.3 is 10.1 Å². The highest BCUT2D eigenvalue weighted by molar-refractivity contribution is 5.90. The number of aromatic nitrogens is 2. The van der Waals surface area contributed by atoms with Gasteiger partial charge in [-0.25, -0.2) is 4.79 Å². The summed E-state index contributed by atoms with van der Waals surface area (Å²) >= 11 is 0. The quantitative estimate of drug-likeness (QED) is 0.851. The lowest BCUT2D eigenvalue weighted by Crippen LogP contribution is -2.12. The molecule has 2 aromatic rings. The van der Waals surface area contributed by atoms with Gasteiger partial charge in [0.2, 0.25) is 0 Å². The van der Waals surface area contributed by atoms with Crippen molar-refractivity contribution in [3.63, 3.8) is 0 Å². The first-order valence-electron chi connectivity index (χ1n) is 6.63. The highest BCUT2D eigenvalue weighted by Gasteiger charge is 2.11. The van der Waals surface area contributed by atoms with Gasteiger partial charge >= 0.3 is 5.97 Å². The molecule has 1 N–H and O–H groups in total. The molecule has 0 radical (unpaired) electrons. The highest BCUT2D eigenvalue weighted by Crippen LogP contribution is 2.19. The number of carbonyl (C=O) groups is 1. The lowest BCUT2D eigenvalue weighted by molar-refractivity contribution is 0.0526. The van der Waals surface area contributed by atoms with E-state index in [9.17, 15) is 4.79 Å². The molecule has 0 saturated carbocycles. The number of hydrogen-bond donors (Lipinski definition) is 1. The molecule has 0 bridgehead atoms. The molecule has 0 amide bonds. The minimum Gasteiger partial charge on any atom is -0.462 e. The summed E-state index contributed by atoms with van der Waals surface area (Å²) in [6.07, 6.45) is 1.77. The van der Waals surface area contributed by atoms with Gasteiger partial charge in [-0.05, 0) is 38.1 Å². The Balaban J connectivity index is 2.12. The first kappa shape index (κ1) is 14.1. The van der Waals surface area contributed by atoms with E-state index in [0.717, 1.165) is 11.4 Å². The van der Waals surface area contributed by atoms with Crippen LogP contribution in [0.4, 0.5) is 5.69 Å². The SMILES string of the molecule is CCOC(=O)c1cccc(NC(C)c2ccnn2C)c1. The predicted octanol–water partition coefficient (Wildman–Crippen LogP) is 2.77. The summed E-state index contributed by atoms with van der Waals surface area (Å²) in [7, 11) is 1.91. The minimum absolute atomic E-state index is 0.0972. The molecular formula is C15H19N3O2. The fourth-order valence-electron chi connectivity index (χ4n) is 2.08. The van der Waals surface area contributed by atoms with Gasteiger partial charge in [-0.3, -0.25) is 4.68 Å². The number of anilines is 1. The van der Waals surface area contributed by atoms with E-state index in [2.05, 4.69) is 10.4 Å². The van der Waals surface area contributed by atoms with Gasteiger partial charge in [-0.15, -0.1) is 0 Å². The number of nitrogens with one attached hydrogen (secondary N) is 1. The normalized spacial score (nSPS) is 11.9. The van der Waals surface area contributed by atoms with Crippen molar-refractivity contribution in [2.45, 2.75) is 19.9 Å². The molecule has 1 aromatic carbocycles. The van der Waals surface area contributed by atoms with E-state index in [-0.39, 0.29) is 12.0 Å². The summed E-state index contributed by atoms with van der Waals surface area (Å²) in [5.74, 6) is -0.302. The number of esters is 1. The molecule has 1 heterocycles. The molecule has 1 aromatic heterocycles. The maximum absolute atomic E-state index is 11.7. The van der Waals surface area contributed by atoms with Crippen molar-refractivity contribution in [3.05, 3.63) is 47.8 Å². The smallest absolute Gasteiger partial charge is 0.338 e. The van der Waals surface area contributed by atoms with Crippen LogP contribution < -0.4 is 5.32 Å². The summed E-state index contributed by atoms with van der Waals surface area (Å²) in [6, 6.07) is 9.37. The fourth-order valence-corrected chi connectivity index (χ4v) is 2.08. The molecule has 2 rings (SSSR count). The molecule has 0 aliphatic rings. The summed E-state index contributed by atoms with van der Waals surface area (Å²) in [4.78, 5) is 11.7. The molecule has 1 unspecified atom stereocenters. The minimum atomic E-state index is -0.302. The Hall–Kier alpha value is -2.30. The van der Waals surface area contributed by atoms with E-state index in [4.69, 9.17) is 4.74 Å². The zero-order chi connectivity index (χ0) is 14.5. The molecule has 106 valence electrons. The Morgan fingerprint density at radius 3 is 2.90 bits per heavy atom. The Kier molecular flexibility index (Phi) is 4.40. The second kappa shape index (κ2) is 6.23. The summed E-state index contributed by atoms with van der Waals surface area (Å²) < 4.78 is 6.82. The fraction of sp³-hybridized carbons (Fsp3) is 0.333. The van der Waals surface area contributed by atoms with Crippen LogP contribution in [-0.2, 0) is 11.8 Å². The van der Waals surface area contributed by atoms with Crippen LogP contribution >= 0.6 is 0 Å². The molecule has 0 aliphatic heterocycles. The van der Waals surface area contributed by atoms with Gasteiger partial charge in [-0.2, -0.15) is 5.10 Å². The van der Waals surface area contributed by atoms with Crippen molar-refractivity contribution < 1.29 is 9.53 Å². The standard InChI is InChI=1S/C15H19N3O2/c1-4-20-15(19)12-6-5-7-13(10-12)17-11(2)14-8-9-16-18(14)3/h5-11,17H,4H2,1-3H3. The van der Waals surface area contributed by atoms with E-state index in [0.29, 0.717) is 12.2 Å². The molecule has 1 atom stereocenters. The zero-order valence-electron chi connectivity index (χ0n) is 12.0. The number of aryl methyl sites for hydroxylation is 1. The van der Waals surface area contributed by atoms with Crippen molar-refractivity contribution in [1.29, 1.82) is 0 Å². The van der Waals surface area contributed by atoms with E-state index >= 15 is 0 Å². The van der Waals surface area contributed by atoms with Gasteiger partial charge in [0.1, 0.15) is 0 Å². The number of benzene rings is 1. The first-order valence-corrected chi connectivity index (χ1v) is 6.63. The molecule has 0 saturated heterocycles. The lowest BCUT2D eigenvalue weighted by Gasteiger charge is -2.16. The van der Waals surface area contributed by atoms with E-state index in [1.54, 1.807) is 25.3 Å². The number of hydrogen-bond acceptors (Lipinski definition) is 4. The first-order chi connectivity index (χ1) is 9.61. The molecule has 5 nitrogen and oxygen atoms in total. The second-order valence-electron chi connectivity index (χ2n) is 4.55. The van der Waals surface area contributed by atoms with E-state index < -0.39 is 0 Å². The van der Waals surface area contributed by atoms with Gasteiger partial charge in [0, 0.05) is 18.9 Å². The van der Waals surface area contributed by atoms with Gasteiger partial charge in [0.25, 0.3) is 0 Å². The van der Waals surface area contributed by atoms with Crippen LogP contribution in [-0.4, -0.2) is 22.4 Å². The zero-order valence-corrected chi connectivity index (χ0v) is 12.0. The number of ether oxygens (including phenoxy) is 1. The Labute approximate surface area is 118 Å². The van der Waals surface area contributed by atoms with Crippen LogP contribution in [0.15, 0.2) is 36.5 Å². The third-order valence-electron chi connectivity index (χ3n) is 3.06. The van der Waals surface area contributed by atoms with Crippen LogP contribution in [0.2, 0.25) is 0 Å². The summed E-state index contributed by atoms with van der Waals surface area (Å²) in [6.45, 7) is 4.22. The van der Waals surface area contributed by atoms with Gasteiger partial charge in [-0.1, -0.05) is 6.07 Å². The summed E-state index contributed by atoms with van der Waals surface area (Å²) in [5, 5.41) is 7.51. The van der Waals surface area contributed by atoms with Crippen LogP contribution in [0.3, 0.4) is 0 Å². The third kappa shape index (κ3) is 3.17. The van der Waals surface area contributed by atoms with Crippen molar-refractivity contribution in [3.8, 4) is 0 Å². The third-order valence-corrected chi connectivity index (χ3v) is 3.06. The Morgan fingerprint density at radius 2 is 2.25 bits per heavy atom. The lowest BCUT2D eigenvalue weighted by atomic mass is 10.1.